The number of amides is 3. The summed E-state index contributed by atoms with van der Waals surface area (Å²) in [5.74, 6) is -0.408. The summed E-state index contributed by atoms with van der Waals surface area (Å²) in [7, 11) is 1.71. The largest absolute Gasteiger partial charge is 0.342 e. The summed E-state index contributed by atoms with van der Waals surface area (Å²) in [6.45, 7) is 7.20. The first-order valence-electron chi connectivity index (χ1n) is 8.07. The molecule has 1 aliphatic heterocycles. The third-order valence-corrected chi connectivity index (χ3v) is 4.01. The Kier molecular flexibility index (Phi) is 7.07. The van der Waals surface area contributed by atoms with E-state index < -0.39 is 0 Å². The van der Waals surface area contributed by atoms with E-state index in [9.17, 15) is 19.2 Å². The number of likely N-dealkylation sites (N-methyl/N-ethyl adjacent to an activating group) is 1. The Bertz CT molecular complexity index is 545. The number of hydrogen-bond donors (Lipinski definition) is 0. The molecule has 0 aliphatic carbocycles. The zero-order chi connectivity index (χ0) is 18.3. The molecule has 0 radical (unpaired) electrons. The Morgan fingerprint density at radius 1 is 1.29 bits per heavy atom. The van der Waals surface area contributed by atoms with E-state index in [2.05, 4.69) is 20.8 Å². The quantitative estimate of drug-likeness (QED) is 0.364. The topological polar surface area (TPSA) is 74.8 Å². The van der Waals surface area contributed by atoms with Gasteiger partial charge in [-0.2, -0.15) is 0 Å². The molecule has 132 valence electrons. The Labute approximate surface area is 143 Å². The molecule has 0 saturated carbocycles. The van der Waals surface area contributed by atoms with Crippen LogP contribution >= 0.6 is 0 Å². The Morgan fingerprint density at radius 3 is 2.42 bits per heavy atom. The summed E-state index contributed by atoms with van der Waals surface area (Å²) in [5.41, 5.74) is -0.115. The molecular formula is C18H26N2O4. The highest BCUT2D eigenvalue weighted by atomic mass is 16.2. The summed E-state index contributed by atoms with van der Waals surface area (Å²) in [6, 6.07) is 0. The van der Waals surface area contributed by atoms with Gasteiger partial charge in [-0.3, -0.25) is 24.1 Å². The van der Waals surface area contributed by atoms with Crippen molar-refractivity contribution in [3.8, 4) is 0 Å². The van der Waals surface area contributed by atoms with Crippen LogP contribution in [0.15, 0.2) is 24.3 Å². The highest BCUT2D eigenvalue weighted by Crippen LogP contribution is 2.28. The highest BCUT2D eigenvalue weighted by Gasteiger charge is 2.27. The van der Waals surface area contributed by atoms with Gasteiger partial charge in [-0.1, -0.05) is 20.8 Å². The molecule has 1 rings (SSSR count). The highest BCUT2D eigenvalue weighted by molar-refractivity contribution is 6.12. The van der Waals surface area contributed by atoms with E-state index in [1.807, 2.05) is 0 Å². The summed E-state index contributed by atoms with van der Waals surface area (Å²) in [6.07, 6.45) is 7.19. The van der Waals surface area contributed by atoms with Crippen molar-refractivity contribution in [2.24, 2.45) is 11.3 Å². The van der Waals surface area contributed by atoms with Crippen LogP contribution in [0.2, 0.25) is 0 Å². The normalized spacial score (nSPS) is 16.1. The molecule has 24 heavy (non-hydrogen) atoms. The number of hydrogen-bond acceptors (Lipinski definition) is 4. The molecule has 3 amide bonds. The van der Waals surface area contributed by atoms with Crippen molar-refractivity contribution in [2.75, 3.05) is 20.1 Å². The number of nitrogens with zero attached hydrogens (tertiary/aromatic N) is 2. The molecule has 0 N–H and O–H groups in total. The molecule has 0 aromatic rings. The number of rotatable bonds is 9. The molecule has 1 atom stereocenters. The van der Waals surface area contributed by atoms with Crippen molar-refractivity contribution in [1.29, 1.82) is 0 Å². The number of allylic oxidation sites excluding steroid dienone is 1. The summed E-state index contributed by atoms with van der Waals surface area (Å²) in [5, 5.41) is 0. The van der Waals surface area contributed by atoms with Crippen molar-refractivity contribution >= 4 is 24.0 Å². The lowest BCUT2D eigenvalue weighted by Crippen LogP contribution is -2.36. The van der Waals surface area contributed by atoms with Gasteiger partial charge in [-0.25, -0.2) is 0 Å². The molecule has 6 heteroatoms. The molecule has 0 saturated heterocycles. The second-order valence-corrected chi connectivity index (χ2v) is 7.11. The van der Waals surface area contributed by atoms with Crippen LogP contribution in [0.3, 0.4) is 0 Å². The summed E-state index contributed by atoms with van der Waals surface area (Å²) in [4.78, 5) is 48.0. The number of imide groups is 1. The van der Waals surface area contributed by atoms with Gasteiger partial charge in [0.05, 0.1) is 0 Å². The van der Waals surface area contributed by atoms with Gasteiger partial charge in [0, 0.05) is 38.4 Å². The van der Waals surface area contributed by atoms with Gasteiger partial charge in [0.15, 0.2) is 0 Å². The van der Waals surface area contributed by atoms with Crippen LogP contribution in [0.25, 0.3) is 0 Å². The number of carbonyl (C=O) groups excluding carboxylic acids is 4. The van der Waals surface area contributed by atoms with E-state index in [1.165, 1.54) is 29.2 Å². The van der Waals surface area contributed by atoms with Crippen molar-refractivity contribution in [3.63, 3.8) is 0 Å². The molecular weight excluding hydrogens is 308 g/mol. The number of carbonyl (C=O) groups is 4. The summed E-state index contributed by atoms with van der Waals surface area (Å²) >= 11 is 0. The van der Waals surface area contributed by atoms with E-state index in [0.717, 1.165) is 12.8 Å². The Morgan fingerprint density at radius 2 is 1.88 bits per heavy atom. The van der Waals surface area contributed by atoms with Crippen molar-refractivity contribution in [1.82, 2.24) is 9.80 Å². The number of aldehydes is 1. The van der Waals surface area contributed by atoms with Crippen LogP contribution < -0.4 is 0 Å². The van der Waals surface area contributed by atoms with E-state index in [4.69, 9.17) is 0 Å². The maximum absolute atomic E-state index is 11.8. The van der Waals surface area contributed by atoms with Gasteiger partial charge in [0.1, 0.15) is 6.29 Å². The minimum Gasteiger partial charge on any atom is -0.342 e. The smallest absolute Gasteiger partial charge is 0.253 e. The van der Waals surface area contributed by atoms with Crippen LogP contribution in [0, 0.1) is 11.3 Å². The first-order chi connectivity index (χ1) is 11.2. The second-order valence-electron chi connectivity index (χ2n) is 7.11. The van der Waals surface area contributed by atoms with Crippen LogP contribution in [0.5, 0.6) is 0 Å². The van der Waals surface area contributed by atoms with E-state index in [1.54, 1.807) is 11.9 Å². The van der Waals surface area contributed by atoms with E-state index in [-0.39, 0.29) is 23.1 Å². The fraction of sp³-hybridized carbons (Fsp3) is 0.556. The molecule has 0 fully saturated rings. The van der Waals surface area contributed by atoms with Crippen molar-refractivity contribution in [2.45, 2.75) is 33.6 Å². The Balaban J connectivity index is 2.46. The molecule has 0 bridgehead atoms. The van der Waals surface area contributed by atoms with Crippen LogP contribution in [0.1, 0.15) is 33.6 Å². The zero-order valence-corrected chi connectivity index (χ0v) is 14.8. The maximum Gasteiger partial charge on any atom is 0.253 e. The zero-order valence-electron chi connectivity index (χ0n) is 14.8. The first kappa shape index (κ1) is 19.8. The predicted molar refractivity (Wildman–Crippen MR) is 90.9 cm³/mol. The molecule has 1 heterocycles. The van der Waals surface area contributed by atoms with E-state index >= 15 is 0 Å². The van der Waals surface area contributed by atoms with Gasteiger partial charge in [0.25, 0.3) is 11.8 Å². The first-order valence-corrected chi connectivity index (χ1v) is 8.07. The third-order valence-electron chi connectivity index (χ3n) is 4.01. The molecule has 0 spiro atoms. The lowest BCUT2D eigenvalue weighted by molar-refractivity contribution is -0.137. The molecule has 6 nitrogen and oxygen atoms in total. The van der Waals surface area contributed by atoms with Gasteiger partial charge in [0.2, 0.25) is 5.91 Å². The minimum absolute atomic E-state index is 0.115. The Hall–Kier alpha value is -2.24. The van der Waals surface area contributed by atoms with Crippen LogP contribution in [-0.2, 0) is 19.2 Å². The third kappa shape index (κ3) is 6.10. The van der Waals surface area contributed by atoms with Gasteiger partial charge >= 0.3 is 0 Å². The SMILES string of the molecule is CC(CCN1C(=O)C=CC1=O)CC(C)(C)CN(C)C(=O)/C=C\C=O. The van der Waals surface area contributed by atoms with Crippen LogP contribution in [-0.4, -0.2) is 53.9 Å². The van der Waals surface area contributed by atoms with Crippen molar-refractivity contribution < 1.29 is 19.2 Å². The van der Waals surface area contributed by atoms with Gasteiger partial charge in [-0.05, 0) is 30.3 Å². The predicted octanol–water partition coefficient (Wildman–Crippen LogP) is 1.57. The minimum atomic E-state index is -0.251. The molecule has 1 unspecified atom stereocenters. The monoisotopic (exact) mass is 334 g/mol. The van der Waals surface area contributed by atoms with Gasteiger partial charge < -0.3 is 4.90 Å². The summed E-state index contributed by atoms with van der Waals surface area (Å²) < 4.78 is 0. The molecule has 0 aromatic carbocycles. The lowest BCUT2D eigenvalue weighted by atomic mass is 9.81. The van der Waals surface area contributed by atoms with Gasteiger partial charge in [-0.15, -0.1) is 0 Å². The van der Waals surface area contributed by atoms with E-state index in [0.29, 0.717) is 25.3 Å². The second kappa shape index (κ2) is 8.57. The standard InChI is InChI=1S/C18H26N2O4/c1-14(9-10-20-16(23)7-8-17(20)24)12-18(2,3)13-19(4)15(22)6-5-11-21/h5-8,11,14H,9-10,12-13H2,1-4H3/b6-5-. The molecule has 1 aliphatic rings. The fourth-order valence-corrected chi connectivity index (χ4v) is 3.08. The van der Waals surface area contributed by atoms with Crippen LogP contribution in [0.4, 0.5) is 0 Å². The average Bonchev–Trinajstić information content (AvgIpc) is 2.80. The lowest BCUT2D eigenvalue weighted by Gasteiger charge is -2.32. The fourth-order valence-electron chi connectivity index (χ4n) is 3.08. The molecule has 0 aromatic heterocycles. The van der Waals surface area contributed by atoms with Crippen molar-refractivity contribution in [3.05, 3.63) is 24.3 Å². The maximum atomic E-state index is 11.8. The average molecular weight is 334 g/mol.